The number of amides is 3. The highest BCUT2D eigenvalue weighted by Crippen LogP contribution is 2.11. The van der Waals surface area contributed by atoms with Gasteiger partial charge >= 0.3 is 0 Å². The number of nitrogens with zero attached hydrogens (tertiary/aromatic N) is 4. The van der Waals surface area contributed by atoms with Crippen molar-refractivity contribution in [3.05, 3.63) is 25.3 Å². The van der Waals surface area contributed by atoms with Gasteiger partial charge in [0.25, 0.3) is 0 Å². The monoisotopic (exact) mass is 354 g/mol. The molecule has 0 aromatic heterocycles. The predicted octanol–water partition coefficient (Wildman–Crippen LogP) is -1.59. The van der Waals surface area contributed by atoms with Crippen molar-refractivity contribution in [2.75, 3.05) is 52.9 Å². The zero-order valence-corrected chi connectivity index (χ0v) is 14.3. The second-order valence-corrected chi connectivity index (χ2v) is 5.56. The molecule has 1 aliphatic heterocycles. The molecule has 2 N–H and O–H groups in total. The Hall–Kier alpha value is -2.23. The number of carbonyl (C=O) groups is 3. The molecule has 0 atom stereocenters. The van der Waals surface area contributed by atoms with Crippen LogP contribution in [0.3, 0.4) is 0 Å². The lowest BCUT2D eigenvalue weighted by molar-refractivity contribution is -0.154. The standard InChI is InChI=1S/C16H26N4O5/c1-3-14(23)18-11-19(15(24)4-2)13-20(12-18)16(25)5-6-17(7-9-21)8-10-22/h3-4,21-22H,1-2,5-13H2. The minimum atomic E-state index is -0.374. The Balaban J connectivity index is 2.73. The molecule has 0 unspecified atom stereocenters. The highest BCUT2D eigenvalue weighted by Gasteiger charge is 2.30. The van der Waals surface area contributed by atoms with Gasteiger partial charge in [0.1, 0.15) is 0 Å². The van der Waals surface area contributed by atoms with E-state index in [0.29, 0.717) is 19.6 Å². The van der Waals surface area contributed by atoms with Crippen LogP contribution in [-0.4, -0.2) is 100 Å². The van der Waals surface area contributed by atoms with Gasteiger partial charge in [-0.15, -0.1) is 0 Å². The molecule has 0 aliphatic carbocycles. The maximum Gasteiger partial charge on any atom is 0.248 e. The second kappa shape index (κ2) is 10.6. The summed E-state index contributed by atoms with van der Waals surface area (Å²) in [4.78, 5) is 42.1. The van der Waals surface area contributed by atoms with Crippen molar-refractivity contribution in [3.63, 3.8) is 0 Å². The van der Waals surface area contributed by atoms with E-state index in [-0.39, 0.29) is 57.4 Å². The summed E-state index contributed by atoms with van der Waals surface area (Å²) in [7, 11) is 0. The van der Waals surface area contributed by atoms with Gasteiger partial charge in [-0.1, -0.05) is 13.2 Å². The molecular weight excluding hydrogens is 328 g/mol. The van der Waals surface area contributed by atoms with Crippen LogP contribution in [0.1, 0.15) is 6.42 Å². The lowest BCUT2D eigenvalue weighted by Crippen LogP contribution is -2.59. The van der Waals surface area contributed by atoms with Gasteiger partial charge < -0.3 is 24.9 Å². The summed E-state index contributed by atoms with van der Waals surface area (Å²) in [5.74, 6) is -0.979. The van der Waals surface area contributed by atoms with Crippen LogP contribution < -0.4 is 0 Å². The van der Waals surface area contributed by atoms with E-state index in [0.717, 1.165) is 12.2 Å². The molecule has 9 heteroatoms. The number of rotatable bonds is 9. The average molecular weight is 354 g/mol. The average Bonchev–Trinajstić information content (AvgIpc) is 2.64. The summed E-state index contributed by atoms with van der Waals surface area (Å²) >= 11 is 0. The van der Waals surface area contributed by atoms with Crippen molar-refractivity contribution in [3.8, 4) is 0 Å². The fraction of sp³-hybridized carbons (Fsp3) is 0.562. The fourth-order valence-electron chi connectivity index (χ4n) is 2.48. The van der Waals surface area contributed by atoms with E-state index >= 15 is 0 Å². The first kappa shape index (κ1) is 20.8. The number of carbonyl (C=O) groups excluding carboxylic acids is 3. The molecule has 0 radical (unpaired) electrons. The van der Waals surface area contributed by atoms with E-state index in [1.807, 2.05) is 0 Å². The molecule has 1 heterocycles. The normalized spacial score (nSPS) is 14.6. The highest BCUT2D eigenvalue weighted by atomic mass is 16.3. The maximum absolute atomic E-state index is 12.5. The molecule has 0 aromatic carbocycles. The quantitative estimate of drug-likeness (QED) is 0.484. The number of hydrogen-bond donors (Lipinski definition) is 2. The van der Waals surface area contributed by atoms with Crippen LogP contribution in [0.5, 0.6) is 0 Å². The fourth-order valence-corrected chi connectivity index (χ4v) is 2.48. The zero-order valence-electron chi connectivity index (χ0n) is 14.3. The third-order valence-electron chi connectivity index (χ3n) is 3.82. The van der Waals surface area contributed by atoms with Gasteiger partial charge in [-0.05, 0) is 12.2 Å². The minimum Gasteiger partial charge on any atom is -0.395 e. The van der Waals surface area contributed by atoms with Gasteiger partial charge in [0.2, 0.25) is 17.7 Å². The van der Waals surface area contributed by atoms with E-state index < -0.39 is 0 Å². The Labute approximate surface area is 147 Å². The Morgan fingerprint density at radius 3 is 1.68 bits per heavy atom. The Kier molecular flexibility index (Phi) is 8.82. The number of hydrogen-bond acceptors (Lipinski definition) is 6. The van der Waals surface area contributed by atoms with Crippen LogP contribution in [-0.2, 0) is 14.4 Å². The van der Waals surface area contributed by atoms with Gasteiger partial charge in [-0.3, -0.25) is 19.3 Å². The Morgan fingerprint density at radius 1 is 0.840 bits per heavy atom. The Morgan fingerprint density at radius 2 is 1.28 bits per heavy atom. The molecule has 1 saturated heterocycles. The molecule has 140 valence electrons. The van der Waals surface area contributed by atoms with Crippen molar-refractivity contribution < 1.29 is 24.6 Å². The van der Waals surface area contributed by atoms with Gasteiger partial charge in [-0.2, -0.15) is 0 Å². The first-order chi connectivity index (χ1) is 12.0. The molecule has 1 fully saturated rings. The molecule has 0 saturated carbocycles. The number of aliphatic hydroxyl groups is 2. The van der Waals surface area contributed by atoms with Crippen LogP contribution in [0, 0.1) is 0 Å². The number of aliphatic hydroxyl groups excluding tert-OH is 2. The third kappa shape index (κ3) is 6.29. The molecule has 0 bridgehead atoms. The molecule has 1 aliphatic rings. The van der Waals surface area contributed by atoms with Crippen LogP contribution in [0.25, 0.3) is 0 Å². The van der Waals surface area contributed by atoms with Crippen molar-refractivity contribution in [1.82, 2.24) is 19.6 Å². The lowest BCUT2D eigenvalue weighted by atomic mass is 10.3. The van der Waals surface area contributed by atoms with Crippen molar-refractivity contribution in [1.29, 1.82) is 0 Å². The lowest BCUT2D eigenvalue weighted by Gasteiger charge is -2.41. The van der Waals surface area contributed by atoms with E-state index in [2.05, 4.69) is 13.2 Å². The zero-order chi connectivity index (χ0) is 18.8. The van der Waals surface area contributed by atoms with E-state index in [4.69, 9.17) is 10.2 Å². The van der Waals surface area contributed by atoms with Crippen LogP contribution >= 0.6 is 0 Å². The summed E-state index contributed by atoms with van der Waals surface area (Å²) in [5.41, 5.74) is 0. The van der Waals surface area contributed by atoms with Gasteiger partial charge in [0, 0.05) is 26.1 Å². The summed E-state index contributed by atoms with van der Waals surface area (Å²) in [6.07, 6.45) is 2.41. The summed E-state index contributed by atoms with van der Waals surface area (Å²) < 4.78 is 0. The smallest absolute Gasteiger partial charge is 0.248 e. The van der Waals surface area contributed by atoms with Crippen LogP contribution in [0.4, 0.5) is 0 Å². The molecule has 1 rings (SSSR count). The molecule has 0 spiro atoms. The van der Waals surface area contributed by atoms with Gasteiger partial charge in [-0.25, -0.2) is 0 Å². The second-order valence-electron chi connectivity index (χ2n) is 5.56. The Bertz CT molecular complexity index is 477. The predicted molar refractivity (Wildman–Crippen MR) is 90.8 cm³/mol. The SMILES string of the molecule is C=CC(=O)N1CN(C(=O)C=C)CN(C(=O)CCN(CCO)CCO)C1. The van der Waals surface area contributed by atoms with Crippen molar-refractivity contribution in [2.45, 2.75) is 6.42 Å². The summed E-state index contributed by atoms with van der Waals surface area (Å²) in [6.45, 7) is 8.01. The van der Waals surface area contributed by atoms with E-state index in [9.17, 15) is 14.4 Å². The first-order valence-electron chi connectivity index (χ1n) is 8.01. The highest BCUT2D eigenvalue weighted by molar-refractivity contribution is 5.90. The molecule has 25 heavy (non-hydrogen) atoms. The van der Waals surface area contributed by atoms with Gasteiger partial charge in [0.05, 0.1) is 33.2 Å². The maximum atomic E-state index is 12.5. The van der Waals surface area contributed by atoms with E-state index in [1.54, 1.807) is 4.90 Å². The van der Waals surface area contributed by atoms with Gasteiger partial charge in [0.15, 0.2) is 0 Å². The molecule has 0 aromatic rings. The summed E-state index contributed by atoms with van der Waals surface area (Å²) in [5, 5.41) is 18.0. The molecule has 9 nitrogen and oxygen atoms in total. The van der Waals surface area contributed by atoms with Crippen molar-refractivity contribution in [2.24, 2.45) is 0 Å². The van der Waals surface area contributed by atoms with Crippen LogP contribution in [0.15, 0.2) is 25.3 Å². The topological polar surface area (TPSA) is 105 Å². The largest absolute Gasteiger partial charge is 0.395 e. The molecular formula is C16H26N4O5. The first-order valence-corrected chi connectivity index (χ1v) is 8.01. The third-order valence-corrected chi connectivity index (χ3v) is 3.82. The van der Waals surface area contributed by atoms with E-state index in [1.165, 1.54) is 14.7 Å². The molecule has 3 amide bonds. The van der Waals surface area contributed by atoms with Crippen molar-refractivity contribution >= 4 is 17.7 Å². The van der Waals surface area contributed by atoms with Crippen LogP contribution in [0.2, 0.25) is 0 Å². The summed E-state index contributed by atoms with van der Waals surface area (Å²) in [6, 6.07) is 0. The minimum absolute atomic E-state index is 0.0683.